The first-order valence-corrected chi connectivity index (χ1v) is 10.5. The molecule has 0 aliphatic rings. The van der Waals surface area contributed by atoms with Gasteiger partial charge in [0.2, 0.25) is 0 Å². The van der Waals surface area contributed by atoms with Crippen LogP contribution >= 0.6 is 0 Å². The van der Waals surface area contributed by atoms with Gasteiger partial charge in [-0.25, -0.2) is 0 Å². The maximum atomic E-state index is 10.2. The smallest absolute Gasteiger partial charge is 0.119 e. The summed E-state index contributed by atoms with van der Waals surface area (Å²) in [5.41, 5.74) is 0. The van der Waals surface area contributed by atoms with E-state index in [-0.39, 0.29) is 0 Å². The maximum absolute atomic E-state index is 10.2. The zero-order valence-corrected chi connectivity index (χ0v) is 16.0. The predicted molar refractivity (Wildman–Crippen MR) is 103 cm³/mol. The quantitative estimate of drug-likeness (QED) is 0.244. The van der Waals surface area contributed by atoms with Gasteiger partial charge in [0.25, 0.3) is 0 Å². The number of carbonyl (C=O) groups excluding carboxylic acids is 2. The van der Waals surface area contributed by atoms with Gasteiger partial charge in [0.05, 0.1) is 12.2 Å². The predicted octanol–water partition coefficient (Wildman–Crippen LogP) is 4.74. The highest BCUT2D eigenvalue weighted by atomic mass is 16.3. The van der Waals surface area contributed by atoms with Crippen molar-refractivity contribution in [1.82, 2.24) is 0 Å². The van der Waals surface area contributed by atoms with Gasteiger partial charge >= 0.3 is 0 Å². The summed E-state index contributed by atoms with van der Waals surface area (Å²) in [5.74, 6) is 0. The summed E-state index contributed by atoms with van der Waals surface area (Å²) in [5, 5.41) is 20.0. The molecule has 0 aromatic carbocycles. The first-order valence-electron chi connectivity index (χ1n) is 10.5. The van der Waals surface area contributed by atoms with Crippen LogP contribution in [0.15, 0.2) is 0 Å². The van der Waals surface area contributed by atoms with Crippen LogP contribution in [0.4, 0.5) is 0 Å². The van der Waals surface area contributed by atoms with Gasteiger partial charge in [-0.15, -0.1) is 0 Å². The molecule has 0 saturated heterocycles. The second-order valence-corrected chi connectivity index (χ2v) is 7.22. The lowest BCUT2D eigenvalue weighted by Crippen LogP contribution is -2.25. The summed E-state index contributed by atoms with van der Waals surface area (Å²) in [7, 11) is 0. The minimum Gasteiger partial charge on any atom is -0.390 e. The molecule has 0 aliphatic heterocycles. The van der Waals surface area contributed by atoms with Crippen molar-refractivity contribution in [1.29, 1.82) is 0 Å². The van der Waals surface area contributed by atoms with E-state index in [9.17, 15) is 19.8 Å². The molecule has 2 atom stereocenters. The van der Waals surface area contributed by atoms with Crippen LogP contribution in [-0.4, -0.2) is 35.0 Å². The molecule has 0 heterocycles. The van der Waals surface area contributed by atoms with Crippen molar-refractivity contribution in [2.45, 2.75) is 121 Å². The minimum absolute atomic E-state index is 0.585. The number of aldehydes is 2. The van der Waals surface area contributed by atoms with E-state index in [4.69, 9.17) is 0 Å². The molecule has 0 aromatic heterocycles. The maximum Gasteiger partial charge on any atom is 0.119 e. The Morgan fingerprint density at radius 1 is 0.480 bits per heavy atom. The van der Waals surface area contributed by atoms with Crippen molar-refractivity contribution in [3.63, 3.8) is 0 Å². The Labute approximate surface area is 154 Å². The number of unbranched alkanes of at least 4 members (excludes halogenated alkanes) is 13. The topological polar surface area (TPSA) is 74.6 Å². The van der Waals surface area contributed by atoms with Gasteiger partial charge in [-0.2, -0.15) is 0 Å². The third-order valence-electron chi connectivity index (χ3n) is 4.84. The summed E-state index contributed by atoms with van der Waals surface area (Å²) in [4.78, 5) is 20.4. The standard InChI is InChI=1S/C21H40O4/c22-18-14-10-6-3-1-2-4-8-12-16-20(24)21(25)17-13-9-5-7-11-15-19-23/h18-21,24-25H,1-17H2. The molecule has 2 unspecified atom stereocenters. The first kappa shape index (κ1) is 24.3. The summed E-state index contributed by atoms with van der Waals surface area (Å²) in [6.07, 6.45) is 17.8. The average Bonchev–Trinajstić information content (AvgIpc) is 2.62. The number of hydrogen-bond acceptors (Lipinski definition) is 4. The highest BCUT2D eigenvalue weighted by molar-refractivity contribution is 5.49. The SMILES string of the molecule is O=CCCCCCCCCCCC(O)C(O)CCCCCCCC=O. The zero-order valence-electron chi connectivity index (χ0n) is 16.0. The van der Waals surface area contributed by atoms with E-state index in [1.165, 1.54) is 25.7 Å². The fourth-order valence-corrected chi connectivity index (χ4v) is 3.14. The van der Waals surface area contributed by atoms with Gasteiger partial charge in [0.1, 0.15) is 12.6 Å². The van der Waals surface area contributed by atoms with E-state index in [0.29, 0.717) is 25.7 Å². The third-order valence-corrected chi connectivity index (χ3v) is 4.84. The molecule has 4 heteroatoms. The van der Waals surface area contributed by atoms with Crippen molar-refractivity contribution in [3.8, 4) is 0 Å². The molecule has 0 bridgehead atoms. The fourth-order valence-electron chi connectivity index (χ4n) is 3.14. The van der Waals surface area contributed by atoms with Crippen LogP contribution in [0.3, 0.4) is 0 Å². The second-order valence-electron chi connectivity index (χ2n) is 7.22. The number of aliphatic hydroxyl groups excluding tert-OH is 2. The molecule has 0 saturated carbocycles. The second kappa shape index (κ2) is 19.6. The van der Waals surface area contributed by atoms with E-state index < -0.39 is 12.2 Å². The average molecular weight is 357 g/mol. The van der Waals surface area contributed by atoms with Crippen molar-refractivity contribution < 1.29 is 19.8 Å². The lowest BCUT2D eigenvalue weighted by molar-refractivity contribution is -0.108. The third kappa shape index (κ3) is 17.9. The Morgan fingerprint density at radius 3 is 1.08 bits per heavy atom. The molecule has 0 amide bonds. The summed E-state index contributed by atoms with van der Waals surface area (Å²) < 4.78 is 0. The van der Waals surface area contributed by atoms with Gasteiger partial charge in [-0.1, -0.05) is 70.6 Å². The Balaban J connectivity index is 3.33. The van der Waals surface area contributed by atoms with Gasteiger partial charge in [0.15, 0.2) is 0 Å². The Kier molecular flexibility index (Phi) is 19.0. The van der Waals surface area contributed by atoms with Gasteiger partial charge in [-0.05, 0) is 25.7 Å². The van der Waals surface area contributed by atoms with Crippen LogP contribution in [0.25, 0.3) is 0 Å². The number of carbonyl (C=O) groups is 2. The first-order chi connectivity index (χ1) is 12.2. The normalized spacial score (nSPS) is 13.5. The van der Waals surface area contributed by atoms with Crippen LogP contribution in [0.2, 0.25) is 0 Å². The summed E-state index contributed by atoms with van der Waals surface area (Å²) >= 11 is 0. The van der Waals surface area contributed by atoms with Crippen LogP contribution in [0.1, 0.15) is 109 Å². The minimum atomic E-state index is -0.590. The van der Waals surface area contributed by atoms with Crippen LogP contribution in [0.5, 0.6) is 0 Å². The Bertz CT molecular complexity index is 294. The van der Waals surface area contributed by atoms with Gasteiger partial charge < -0.3 is 19.8 Å². The molecule has 0 spiro atoms. The van der Waals surface area contributed by atoms with Crippen molar-refractivity contribution in [2.75, 3.05) is 0 Å². The van der Waals surface area contributed by atoms with Gasteiger partial charge in [0, 0.05) is 12.8 Å². The van der Waals surface area contributed by atoms with Crippen LogP contribution in [0, 0.1) is 0 Å². The van der Waals surface area contributed by atoms with Crippen LogP contribution in [-0.2, 0) is 9.59 Å². The summed E-state index contributed by atoms with van der Waals surface area (Å²) in [6, 6.07) is 0. The molecule has 0 rings (SSSR count). The fraction of sp³-hybridized carbons (Fsp3) is 0.905. The largest absolute Gasteiger partial charge is 0.390 e. The van der Waals surface area contributed by atoms with E-state index in [1.807, 2.05) is 0 Å². The molecule has 0 aromatic rings. The van der Waals surface area contributed by atoms with E-state index >= 15 is 0 Å². The van der Waals surface area contributed by atoms with E-state index in [2.05, 4.69) is 0 Å². The highest BCUT2D eigenvalue weighted by Crippen LogP contribution is 2.15. The van der Waals surface area contributed by atoms with E-state index in [1.54, 1.807) is 0 Å². The lowest BCUT2D eigenvalue weighted by Gasteiger charge is -2.17. The zero-order chi connectivity index (χ0) is 18.6. The Hall–Kier alpha value is -0.740. The summed E-state index contributed by atoms with van der Waals surface area (Å²) in [6.45, 7) is 0. The van der Waals surface area contributed by atoms with Crippen LogP contribution < -0.4 is 0 Å². The van der Waals surface area contributed by atoms with Gasteiger partial charge in [-0.3, -0.25) is 0 Å². The Morgan fingerprint density at radius 2 is 0.760 bits per heavy atom. The van der Waals surface area contributed by atoms with Crippen molar-refractivity contribution in [2.24, 2.45) is 0 Å². The molecule has 2 N–H and O–H groups in total. The monoisotopic (exact) mass is 356 g/mol. The molecule has 0 aliphatic carbocycles. The molecular weight excluding hydrogens is 316 g/mol. The van der Waals surface area contributed by atoms with Crippen molar-refractivity contribution >= 4 is 12.6 Å². The van der Waals surface area contributed by atoms with Crippen molar-refractivity contribution in [3.05, 3.63) is 0 Å². The molecular formula is C21H40O4. The number of rotatable bonds is 20. The molecule has 25 heavy (non-hydrogen) atoms. The number of hydrogen-bond donors (Lipinski definition) is 2. The number of aliphatic hydroxyl groups is 2. The molecule has 4 nitrogen and oxygen atoms in total. The van der Waals surface area contributed by atoms with E-state index in [0.717, 1.165) is 70.4 Å². The molecule has 0 fully saturated rings. The molecule has 148 valence electrons. The molecule has 0 radical (unpaired) electrons. The lowest BCUT2D eigenvalue weighted by atomic mass is 9.99. The highest BCUT2D eigenvalue weighted by Gasteiger charge is 2.15.